The van der Waals surface area contributed by atoms with Crippen molar-refractivity contribution in [1.82, 2.24) is 4.90 Å². The summed E-state index contributed by atoms with van der Waals surface area (Å²) < 4.78 is 51.7. The van der Waals surface area contributed by atoms with Crippen LogP contribution in [0.5, 0.6) is 0 Å². The van der Waals surface area contributed by atoms with Crippen LogP contribution in [0.4, 0.5) is 17.6 Å². The molecule has 0 spiro atoms. The molecule has 2 rings (SSSR count). The van der Waals surface area contributed by atoms with Gasteiger partial charge in [-0.05, 0) is 31.2 Å². The van der Waals surface area contributed by atoms with Crippen LogP contribution in [0.25, 0.3) is 0 Å². The van der Waals surface area contributed by atoms with E-state index in [4.69, 9.17) is 5.73 Å². The fourth-order valence-corrected chi connectivity index (χ4v) is 2.48. The molecule has 1 saturated heterocycles. The second-order valence-electron chi connectivity index (χ2n) is 4.61. The Morgan fingerprint density at radius 3 is 2.50 bits per heavy atom. The minimum absolute atomic E-state index is 0.0522. The maximum atomic E-state index is 13.0. The molecule has 0 aromatic heterocycles. The second kappa shape index (κ2) is 4.51. The van der Waals surface area contributed by atoms with Crippen molar-refractivity contribution in [3.05, 3.63) is 35.1 Å². The van der Waals surface area contributed by atoms with E-state index < -0.39 is 23.6 Å². The smallest absolute Gasteiger partial charge is 0.326 e. The zero-order valence-electron chi connectivity index (χ0n) is 9.84. The number of rotatable bonds is 1. The van der Waals surface area contributed by atoms with Crippen molar-refractivity contribution in [3.8, 4) is 0 Å². The van der Waals surface area contributed by atoms with E-state index in [1.807, 2.05) is 0 Å². The van der Waals surface area contributed by atoms with Crippen molar-refractivity contribution in [2.24, 2.45) is 5.73 Å². The maximum absolute atomic E-state index is 13.0. The topological polar surface area (TPSA) is 29.3 Å². The molecule has 2 nitrogen and oxygen atoms in total. The summed E-state index contributed by atoms with van der Waals surface area (Å²) in [6.45, 7) is 0.639. The molecule has 1 aliphatic heterocycles. The molecule has 1 heterocycles. The van der Waals surface area contributed by atoms with Crippen molar-refractivity contribution < 1.29 is 17.6 Å². The van der Waals surface area contributed by atoms with Crippen LogP contribution in [0.1, 0.15) is 23.6 Å². The molecule has 1 fully saturated rings. The lowest BCUT2D eigenvalue weighted by atomic mass is 9.95. The molecule has 0 aliphatic carbocycles. The molecule has 1 aromatic carbocycles. The molecule has 1 aliphatic rings. The molecule has 0 amide bonds. The third-order valence-electron chi connectivity index (χ3n) is 3.33. The third-order valence-corrected chi connectivity index (χ3v) is 3.33. The standard InChI is InChI=1S/C12H14F4N2/c1-18-5-4-10(17)11(18)8-3-2-7(13)6-9(8)12(14,15)16/h2-3,6,10-11H,4-5,17H2,1H3. The van der Waals surface area contributed by atoms with E-state index in [0.717, 1.165) is 6.07 Å². The van der Waals surface area contributed by atoms with E-state index in [1.165, 1.54) is 6.07 Å². The lowest BCUT2D eigenvalue weighted by Crippen LogP contribution is -2.31. The average molecular weight is 262 g/mol. The first-order valence-electron chi connectivity index (χ1n) is 5.63. The first-order chi connectivity index (χ1) is 8.30. The van der Waals surface area contributed by atoms with Gasteiger partial charge in [-0.3, -0.25) is 4.90 Å². The Morgan fingerprint density at radius 2 is 2.00 bits per heavy atom. The van der Waals surface area contributed by atoms with Gasteiger partial charge in [0, 0.05) is 12.6 Å². The Kier molecular flexibility index (Phi) is 3.33. The fourth-order valence-electron chi connectivity index (χ4n) is 2.48. The van der Waals surface area contributed by atoms with Crippen molar-refractivity contribution >= 4 is 0 Å². The Hall–Kier alpha value is -1.14. The van der Waals surface area contributed by atoms with Crippen LogP contribution in [-0.2, 0) is 6.18 Å². The monoisotopic (exact) mass is 262 g/mol. The van der Waals surface area contributed by atoms with Crippen LogP contribution in [0.2, 0.25) is 0 Å². The summed E-state index contributed by atoms with van der Waals surface area (Å²) in [6.07, 6.45) is -3.93. The van der Waals surface area contributed by atoms with Crippen molar-refractivity contribution in [1.29, 1.82) is 0 Å². The van der Waals surface area contributed by atoms with Crippen molar-refractivity contribution in [2.75, 3.05) is 13.6 Å². The molecule has 2 atom stereocenters. The predicted octanol–water partition coefficient (Wildman–Crippen LogP) is 2.55. The predicted molar refractivity (Wildman–Crippen MR) is 59.4 cm³/mol. The molecular weight excluding hydrogens is 248 g/mol. The van der Waals surface area contributed by atoms with Crippen molar-refractivity contribution in [3.63, 3.8) is 0 Å². The highest BCUT2D eigenvalue weighted by Gasteiger charge is 2.39. The van der Waals surface area contributed by atoms with E-state index in [1.54, 1.807) is 11.9 Å². The maximum Gasteiger partial charge on any atom is 0.416 e. The zero-order chi connectivity index (χ0) is 13.5. The lowest BCUT2D eigenvalue weighted by molar-refractivity contribution is -0.138. The number of nitrogens with zero attached hydrogens (tertiary/aromatic N) is 1. The summed E-state index contributed by atoms with van der Waals surface area (Å²) in [5.41, 5.74) is 4.97. The molecule has 0 bridgehead atoms. The van der Waals surface area contributed by atoms with E-state index in [-0.39, 0.29) is 11.6 Å². The van der Waals surface area contributed by atoms with Gasteiger partial charge in [0.1, 0.15) is 5.82 Å². The SMILES string of the molecule is CN1CCC(N)C1c1ccc(F)cc1C(F)(F)F. The van der Waals surface area contributed by atoms with Gasteiger partial charge in [0.2, 0.25) is 0 Å². The number of alkyl halides is 3. The number of hydrogen-bond acceptors (Lipinski definition) is 2. The van der Waals surface area contributed by atoms with Crippen molar-refractivity contribution in [2.45, 2.75) is 24.7 Å². The Morgan fingerprint density at radius 1 is 1.33 bits per heavy atom. The summed E-state index contributed by atoms with van der Waals surface area (Å²) in [7, 11) is 1.72. The van der Waals surface area contributed by atoms with Gasteiger partial charge in [0.25, 0.3) is 0 Å². The van der Waals surface area contributed by atoms with Crippen LogP contribution in [0.15, 0.2) is 18.2 Å². The number of hydrogen-bond donors (Lipinski definition) is 1. The minimum atomic E-state index is -4.57. The van der Waals surface area contributed by atoms with Crippen LogP contribution in [0.3, 0.4) is 0 Å². The van der Waals surface area contributed by atoms with Crippen LogP contribution in [0, 0.1) is 5.82 Å². The second-order valence-corrected chi connectivity index (χ2v) is 4.61. The molecule has 6 heteroatoms. The van der Waals surface area contributed by atoms with E-state index in [2.05, 4.69) is 0 Å². The largest absolute Gasteiger partial charge is 0.416 e. The van der Waals surface area contributed by atoms with Crippen LogP contribution < -0.4 is 5.73 Å². The van der Waals surface area contributed by atoms with Gasteiger partial charge in [0.15, 0.2) is 0 Å². The first-order valence-corrected chi connectivity index (χ1v) is 5.63. The van der Waals surface area contributed by atoms with Gasteiger partial charge in [-0.25, -0.2) is 4.39 Å². The quantitative estimate of drug-likeness (QED) is 0.788. The van der Waals surface area contributed by atoms with E-state index in [9.17, 15) is 17.6 Å². The lowest BCUT2D eigenvalue weighted by Gasteiger charge is -2.26. The third kappa shape index (κ3) is 2.35. The zero-order valence-corrected chi connectivity index (χ0v) is 9.84. The molecule has 100 valence electrons. The summed E-state index contributed by atoms with van der Waals surface area (Å²) >= 11 is 0. The molecule has 18 heavy (non-hydrogen) atoms. The summed E-state index contributed by atoms with van der Waals surface area (Å²) in [4.78, 5) is 1.77. The summed E-state index contributed by atoms with van der Waals surface area (Å²) in [5, 5.41) is 0. The number of likely N-dealkylation sites (N-methyl/N-ethyl adjacent to an activating group) is 1. The Labute approximate surface area is 102 Å². The van der Waals surface area contributed by atoms with Crippen LogP contribution >= 0.6 is 0 Å². The first kappa shape index (κ1) is 13.3. The summed E-state index contributed by atoms with van der Waals surface area (Å²) in [6, 6.07) is 1.89. The van der Waals surface area contributed by atoms with Crippen LogP contribution in [-0.4, -0.2) is 24.5 Å². The molecule has 2 unspecified atom stereocenters. The number of nitrogens with two attached hydrogens (primary N) is 1. The number of benzene rings is 1. The summed E-state index contributed by atoms with van der Waals surface area (Å²) in [5.74, 6) is -0.889. The molecule has 1 aromatic rings. The Balaban J connectivity index is 2.50. The van der Waals surface area contributed by atoms with Gasteiger partial charge < -0.3 is 5.73 Å². The number of halogens is 4. The highest BCUT2D eigenvalue weighted by Crippen LogP contribution is 2.39. The van der Waals surface area contributed by atoms with Gasteiger partial charge >= 0.3 is 6.18 Å². The van der Waals surface area contributed by atoms with E-state index in [0.29, 0.717) is 19.0 Å². The van der Waals surface area contributed by atoms with E-state index >= 15 is 0 Å². The molecule has 0 radical (unpaired) electrons. The van der Waals surface area contributed by atoms with Gasteiger partial charge in [-0.1, -0.05) is 6.07 Å². The highest BCUT2D eigenvalue weighted by molar-refractivity contribution is 5.34. The molecule has 2 N–H and O–H groups in total. The highest BCUT2D eigenvalue weighted by atomic mass is 19.4. The molecular formula is C12H14F4N2. The van der Waals surface area contributed by atoms with Gasteiger partial charge in [-0.2, -0.15) is 13.2 Å². The Bertz CT molecular complexity index is 434. The van der Waals surface area contributed by atoms with Gasteiger partial charge in [0.05, 0.1) is 11.6 Å². The normalized spacial score (nSPS) is 25.7. The average Bonchev–Trinajstić information content (AvgIpc) is 2.58. The fraction of sp³-hybridized carbons (Fsp3) is 0.500. The molecule has 0 saturated carbocycles. The number of likely N-dealkylation sites (tertiary alicyclic amines) is 1. The minimum Gasteiger partial charge on any atom is -0.326 e. The van der Waals surface area contributed by atoms with Gasteiger partial charge in [-0.15, -0.1) is 0 Å².